The van der Waals surface area contributed by atoms with E-state index in [9.17, 15) is 22.8 Å². The van der Waals surface area contributed by atoms with E-state index >= 15 is 0 Å². The van der Waals surface area contributed by atoms with E-state index in [4.69, 9.17) is 4.74 Å². The first kappa shape index (κ1) is 21.2. The number of carbonyl (C=O) groups excluding carboxylic acids is 2. The molecule has 5 nitrogen and oxygen atoms in total. The minimum absolute atomic E-state index is 0.173. The molecule has 31 heavy (non-hydrogen) atoms. The molecule has 1 fully saturated rings. The van der Waals surface area contributed by atoms with E-state index in [1.165, 1.54) is 0 Å². The second-order valence-corrected chi connectivity index (χ2v) is 7.90. The zero-order valence-corrected chi connectivity index (χ0v) is 16.9. The van der Waals surface area contributed by atoms with Crippen LogP contribution in [0.15, 0.2) is 36.4 Å². The number of hydrogen-bond donors (Lipinski definition) is 1. The van der Waals surface area contributed by atoms with Crippen LogP contribution in [0.5, 0.6) is 5.75 Å². The van der Waals surface area contributed by atoms with Gasteiger partial charge in [0.1, 0.15) is 23.2 Å². The van der Waals surface area contributed by atoms with Crippen molar-refractivity contribution in [2.24, 2.45) is 5.92 Å². The van der Waals surface area contributed by atoms with Gasteiger partial charge >= 0.3 is 6.03 Å². The highest BCUT2D eigenvalue weighted by Gasteiger charge is 2.32. The first-order valence-electron chi connectivity index (χ1n) is 10.4. The van der Waals surface area contributed by atoms with Crippen LogP contribution in [0.3, 0.4) is 0 Å². The lowest BCUT2D eigenvalue weighted by molar-refractivity contribution is 0.0844. The lowest BCUT2D eigenvalue weighted by atomic mass is 9.88. The van der Waals surface area contributed by atoms with Crippen LogP contribution in [0.4, 0.5) is 18.0 Å². The number of para-hydroxylation sites is 1. The SMILES string of the molecule is O=C(c1c(F)cc(F)cc1F)C1CCN(C(=O)NC2CCCOc3ccccc32)CC1. The molecule has 1 N–H and O–H groups in total. The summed E-state index contributed by atoms with van der Waals surface area (Å²) in [6.45, 7) is 1.17. The van der Waals surface area contributed by atoms with Crippen molar-refractivity contribution in [3.8, 4) is 5.75 Å². The van der Waals surface area contributed by atoms with Gasteiger partial charge in [0.15, 0.2) is 5.78 Å². The van der Waals surface area contributed by atoms with E-state index in [1.54, 1.807) is 4.90 Å². The summed E-state index contributed by atoms with van der Waals surface area (Å²) in [5.41, 5.74) is 0.222. The van der Waals surface area contributed by atoms with Crippen molar-refractivity contribution in [2.45, 2.75) is 31.7 Å². The summed E-state index contributed by atoms with van der Waals surface area (Å²) in [5.74, 6) is -4.01. The molecule has 1 unspecified atom stereocenters. The van der Waals surface area contributed by atoms with Crippen LogP contribution < -0.4 is 10.1 Å². The van der Waals surface area contributed by atoms with E-state index in [2.05, 4.69) is 5.32 Å². The van der Waals surface area contributed by atoms with Gasteiger partial charge in [-0.1, -0.05) is 18.2 Å². The number of rotatable bonds is 3. The topological polar surface area (TPSA) is 58.6 Å². The molecule has 0 saturated carbocycles. The maximum absolute atomic E-state index is 14.0. The molecule has 2 aromatic rings. The van der Waals surface area contributed by atoms with Crippen molar-refractivity contribution in [1.82, 2.24) is 10.2 Å². The third-order valence-electron chi connectivity index (χ3n) is 5.89. The molecule has 0 radical (unpaired) electrons. The number of piperidine rings is 1. The minimum atomic E-state index is -1.20. The second kappa shape index (κ2) is 8.99. The number of halogens is 3. The molecule has 1 atom stereocenters. The fourth-order valence-corrected chi connectivity index (χ4v) is 4.24. The molecule has 4 rings (SSSR count). The zero-order valence-electron chi connectivity index (χ0n) is 16.9. The molecular formula is C23H23F3N2O3. The van der Waals surface area contributed by atoms with Gasteiger partial charge in [0.05, 0.1) is 18.2 Å². The number of amides is 2. The Morgan fingerprint density at radius 1 is 1.00 bits per heavy atom. The summed E-state index contributed by atoms with van der Waals surface area (Å²) in [4.78, 5) is 27.0. The normalized spacial score (nSPS) is 19.2. The highest BCUT2D eigenvalue weighted by molar-refractivity contribution is 5.98. The first-order chi connectivity index (χ1) is 14.9. The van der Waals surface area contributed by atoms with E-state index in [0.29, 0.717) is 18.7 Å². The minimum Gasteiger partial charge on any atom is -0.493 e. The van der Waals surface area contributed by atoms with Gasteiger partial charge in [-0.05, 0) is 31.7 Å². The number of benzene rings is 2. The fraction of sp³-hybridized carbons (Fsp3) is 0.391. The summed E-state index contributed by atoms with van der Waals surface area (Å²) in [7, 11) is 0. The molecule has 2 aliphatic heterocycles. The molecule has 0 bridgehead atoms. The summed E-state index contributed by atoms with van der Waals surface area (Å²) in [5, 5.41) is 3.05. The third kappa shape index (κ3) is 4.52. The Hall–Kier alpha value is -3.03. The van der Waals surface area contributed by atoms with Crippen molar-refractivity contribution in [3.63, 3.8) is 0 Å². The second-order valence-electron chi connectivity index (χ2n) is 7.90. The van der Waals surface area contributed by atoms with Crippen LogP contribution in [0.1, 0.15) is 47.6 Å². The van der Waals surface area contributed by atoms with Gasteiger partial charge in [0.25, 0.3) is 0 Å². The number of ether oxygens (including phenoxy) is 1. The van der Waals surface area contributed by atoms with Gasteiger partial charge in [0, 0.05) is 36.7 Å². The largest absolute Gasteiger partial charge is 0.493 e. The predicted octanol–water partition coefficient (Wildman–Crippen LogP) is 4.62. The van der Waals surface area contributed by atoms with Gasteiger partial charge in [0.2, 0.25) is 0 Å². The van der Waals surface area contributed by atoms with Crippen LogP contribution in [-0.2, 0) is 0 Å². The molecule has 0 aliphatic carbocycles. The Morgan fingerprint density at radius 2 is 1.68 bits per heavy atom. The molecular weight excluding hydrogens is 409 g/mol. The van der Waals surface area contributed by atoms with E-state index in [0.717, 1.165) is 24.2 Å². The number of fused-ring (bicyclic) bond motifs is 1. The fourth-order valence-electron chi connectivity index (χ4n) is 4.24. The number of Topliss-reactive ketones (excluding diaryl/α,β-unsaturated/α-hetero) is 1. The van der Waals surface area contributed by atoms with Gasteiger partial charge in [-0.2, -0.15) is 0 Å². The Bertz CT molecular complexity index is 967. The summed E-state index contributed by atoms with van der Waals surface area (Å²) in [6, 6.07) is 8.20. The molecule has 1 saturated heterocycles. The third-order valence-corrected chi connectivity index (χ3v) is 5.89. The summed E-state index contributed by atoms with van der Waals surface area (Å²) >= 11 is 0. The zero-order chi connectivity index (χ0) is 22.0. The predicted molar refractivity (Wildman–Crippen MR) is 107 cm³/mol. The van der Waals surface area contributed by atoms with Crippen LogP contribution in [0, 0.1) is 23.4 Å². The van der Waals surface area contributed by atoms with Crippen LogP contribution in [-0.4, -0.2) is 36.4 Å². The summed E-state index contributed by atoms with van der Waals surface area (Å²) in [6.07, 6.45) is 2.13. The van der Waals surface area contributed by atoms with Crippen LogP contribution in [0.25, 0.3) is 0 Å². The number of ketones is 1. The monoisotopic (exact) mass is 432 g/mol. The Labute approximate surface area is 178 Å². The van der Waals surface area contributed by atoms with E-state index in [-0.39, 0.29) is 38.0 Å². The smallest absolute Gasteiger partial charge is 0.317 e. The highest BCUT2D eigenvalue weighted by Crippen LogP contribution is 2.32. The van der Waals surface area contributed by atoms with Gasteiger partial charge in [-0.3, -0.25) is 4.79 Å². The number of nitrogens with zero attached hydrogens (tertiary/aromatic N) is 1. The average Bonchev–Trinajstić information content (AvgIpc) is 2.95. The number of hydrogen-bond acceptors (Lipinski definition) is 3. The van der Waals surface area contributed by atoms with Crippen molar-refractivity contribution in [2.75, 3.05) is 19.7 Å². The van der Waals surface area contributed by atoms with E-state index in [1.807, 2.05) is 24.3 Å². The Morgan fingerprint density at radius 3 is 2.39 bits per heavy atom. The molecule has 2 aliphatic rings. The number of likely N-dealkylation sites (tertiary alicyclic amines) is 1. The van der Waals surface area contributed by atoms with Crippen molar-refractivity contribution in [1.29, 1.82) is 0 Å². The molecule has 0 spiro atoms. The standard InChI is InChI=1S/C23H23F3N2O3/c24-15-12-17(25)21(18(26)13-15)22(29)14-7-9-28(10-8-14)23(30)27-19-5-3-11-31-20-6-2-1-4-16(19)20/h1-2,4,6,12-14,19H,3,5,7-11H2,(H,27,30). The maximum atomic E-state index is 14.0. The number of nitrogens with one attached hydrogen (secondary N) is 1. The quantitative estimate of drug-likeness (QED) is 0.720. The van der Waals surface area contributed by atoms with Crippen molar-refractivity contribution >= 4 is 11.8 Å². The number of urea groups is 1. The van der Waals surface area contributed by atoms with Crippen LogP contribution >= 0.6 is 0 Å². The number of carbonyl (C=O) groups is 2. The van der Waals surface area contributed by atoms with Crippen LogP contribution in [0.2, 0.25) is 0 Å². The summed E-state index contributed by atoms with van der Waals surface area (Å²) < 4.78 is 46.7. The molecule has 0 aromatic heterocycles. The van der Waals surface area contributed by atoms with Gasteiger partial charge in [-0.15, -0.1) is 0 Å². The van der Waals surface area contributed by atoms with Gasteiger partial charge < -0.3 is 15.0 Å². The van der Waals surface area contributed by atoms with Crippen molar-refractivity contribution < 1.29 is 27.5 Å². The molecule has 8 heteroatoms. The maximum Gasteiger partial charge on any atom is 0.317 e. The van der Waals surface area contributed by atoms with Gasteiger partial charge in [-0.25, -0.2) is 18.0 Å². The lowest BCUT2D eigenvalue weighted by Gasteiger charge is -2.32. The molecule has 164 valence electrons. The average molecular weight is 432 g/mol. The lowest BCUT2D eigenvalue weighted by Crippen LogP contribution is -2.46. The molecule has 2 heterocycles. The molecule has 2 amide bonds. The van der Waals surface area contributed by atoms with Crippen molar-refractivity contribution in [3.05, 3.63) is 65.0 Å². The Kier molecular flexibility index (Phi) is 6.15. The first-order valence-corrected chi connectivity index (χ1v) is 10.4. The molecule has 2 aromatic carbocycles. The van der Waals surface area contributed by atoms with E-state index < -0.39 is 34.7 Å². The highest BCUT2D eigenvalue weighted by atomic mass is 19.1. The Balaban J connectivity index is 1.38.